The fourth-order valence-electron chi connectivity index (χ4n) is 8.60. The quantitative estimate of drug-likeness (QED) is 0.0518. The Hall–Kier alpha value is -2.13. The number of aromatic nitrogens is 2. The van der Waals surface area contributed by atoms with Crippen LogP contribution in [0.4, 0.5) is 0 Å². The first kappa shape index (κ1) is 53.0. The number of nitrogens with zero attached hydrogens (tertiary/aromatic N) is 2. The molecule has 4 atom stereocenters. The summed E-state index contributed by atoms with van der Waals surface area (Å²) in [5.74, 6) is -0.529. The summed E-state index contributed by atoms with van der Waals surface area (Å²) in [6.45, 7) is 4.56. The highest BCUT2D eigenvalue weighted by molar-refractivity contribution is 5.85. The molecular formula is C49H88ClN3O6. The Morgan fingerprint density at radius 1 is 0.593 bits per heavy atom. The number of fused-ring (bicyclic) bond motifs is 3. The molecule has 59 heavy (non-hydrogen) atoms. The van der Waals surface area contributed by atoms with Crippen molar-refractivity contribution < 1.29 is 28.5 Å². The van der Waals surface area contributed by atoms with E-state index in [2.05, 4.69) is 18.8 Å². The Bertz CT molecular complexity index is 1250. The lowest BCUT2D eigenvalue weighted by atomic mass is 10.0. The average molecular weight is 851 g/mol. The molecule has 1 N–H and O–H groups in total. The highest BCUT2D eigenvalue weighted by atomic mass is 35.5. The zero-order valence-electron chi connectivity index (χ0n) is 37.9. The summed E-state index contributed by atoms with van der Waals surface area (Å²) >= 11 is 0. The van der Waals surface area contributed by atoms with Crippen LogP contribution in [0.1, 0.15) is 251 Å². The second-order valence-corrected chi connectivity index (χ2v) is 17.6. The molecule has 0 aliphatic carbocycles. The van der Waals surface area contributed by atoms with E-state index in [0.29, 0.717) is 12.8 Å². The monoisotopic (exact) mass is 850 g/mol. The van der Waals surface area contributed by atoms with Crippen molar-refractivity contribution in [1.29, 1.82) is 5.41 Å². The molecule has 10 heteroatoms. The van der Waals surface area contributed by atoms with Gasteiger partial charge in [0.05, 0.1) is 0 Å². The minimum atomic E-state index is -0.729. The van der Waals surface area contributed by atoms with Gasteiger partial charge in [-0.25, -0.2) is 0 Å². The lowest BCUT2D eigenvalue weighted by Gasteiger charge is -2.22. The van der Waals surface area contributed by atoms with Gasteiger partial charge < -0.3 is 18.9 Å². The molecule has 0 unspecified atom stereocenters. The van der Waals surface area contributed by atoms with Crippen LogP contribution in [0.15, 0.2) is 12.3 Å². The summed E-state index contributed by atoms with van der Waals surface area (Å²) in [5, 5.41) is 7.88. The van der Waals surface area contributed by atoms with E-state index in [0.717, 1.165) is 38.5 Å². The summed E-state index contributed by atoms with van der Waals surface area (Å²) in [4.78, 5) is 29.9. The highest BCUT2D eigenvalue weighted by Crippen LogP contribution is 2.40. The molecule has 3 heterocycles. The van der Waals surface area contributed by atoms with Crippen molar-refractivity contribution in [2.24, 2.45) is 0 Å². The van der Waals surface area contributed by atoms with E-state index in [4.69, 9.17) is 24.4 Å². The van der Waals surface area contributed by atoms with Gasteiger partial charge in [0.2, 0.25) is 0 Å². The molecule has 0 aromatic carbocycles. The maximum Gasteiger partial charge on any atom is 0.306 e. The summed E-state index contributed by atoms with van der Waals surface area (Å²) in [6.07, 6.45) is 44.0. The second-order valence-electron chi connectivity index (χ2n) is 17.6. The topological polar surface area (TPSA) is 113 Å². The molecule has 342 valence electrons. The van der Waals surface area contributed by atoms with E-state index in [1.807, 2.05) is 0 Å². The van der Waals surface area contributed by atoms with Crippen LogP contribution in [-0.2, 0) is 23.8 Å². The molecule has 3 rings (SSSR count). The van der Waals surface area contributed by atoms with Crippen molar-refractivity contribution in [2.75, 3.05) is 6.61 Å². The number of halogens is 1. The number of carbonyl (C=O) groups is 2. The van der Waals surface area contributed by atoms with Crippen molar-refractivity contribution in [1.82, 2.24) is 9.55 Å². The molecule has 9 nitrogen and oxygen atoms in total. The molecule has 2 aliphatic rings. The van der Waals surface area contributed by atoms with Gasteiger partial charge in [0.15, 0.2) is 23.9 Å². The average Bonchev–Trinajstić information content (AvgIpc) is 3.74. The van der Waals surface area contributed by atoms with Gasteiger partial charge in [-0.3, -0.25) is 19.6 Å². The Morgan fingerprint density at radius 2 is 0.966 bits per heavy atom. The van der Waals surface area contributed by atoms with E-state index in [-0.39, 0.29) is 42.5 Å². The maximum absolute atomic E-state index is 13.0. The third kappa shape index (κ3) is 24.2. The van der Waals surface area contributed by atoms with Crippen LogP contribution in [0.5, 0.6) is 6.01 Å². The molecule has 2 aliphatic heterocycles. The number of carbonyl (C=O) groups excluding carboxylic acids is 2. The van der Waals surface area contributed by atoms with Crippen molar-refractivity contribution in [3.8, 4) is 6.01 Å². The molecular weight excluding hydrogens is 762 g/mol. The Labute approximate surface area is 366 Å². The number of rotatable bonds is 39. The van der Waals surface area contributed by atoms with Crippen molar-refractivity contribution >= 4 is 24.3 Å². The Morgan fingerprint density at radius 3 is 1.37 bits per heavy atom. The summed E-state index contributed by atoms with van der Waals surface area (Å²) in [7, 11) is 0. The van der Waals surface area contributed by atoms with E-state index in [9.17, 15) is 9.59 Å². The second kappa shape index (κ2) is 35.5. The molecule has 1 fully saturated rings. The normalized spacial score (nSPS) is 17.9. The molecule has 1 aromatic rings. The number of hydrogen-bond donors (Lipinski definition) is 1. The number of hydrogen-bond acceptors (Lipinski definition) is 8. The number of esters is 2. The highest BCUT2D eigenvalue weighted by Gasteiger charge is 2.54. The van der Waals surface area contributed by atoms with Crippen LogP contribution in [0, 0.1) is 5.41 Å². The smallest absolute Gasteiger partial charge is 0.306 e. The van der Waals surface area contributed by atoms with Gasteiger partial charge in [-0.05, 0) is 18.9 Å². The first-order valence-electron chi connectivity index (χ1n) is 24.8. The van der Waals surface area contributed by atoms with Crippen molar-refractivity contribution in [3.63, 3.8) is 0 Å². The van der Waals surface area contributed by atoms with Gasteiger partial charge in [-0.1, -0.05) is 219 Å². The number of ether oxygens (including phenoxy) is 4. The van der Waals surface area contributed by atoms with Crippen LogP contribution in [0.25, 0.3) is 0 Å². The fourth-order valence-corrected chi connectivity index (χ4v) is 8.60. The molecule has 0 amide bonds. The van der Waals surface area contributed by atoms with Gasteiger partial charge in [0.1, 0.15) is 12.7 Å². The molecule has 1 saturated heterocycles. The molecule has 1 aromatic heterocycles. The van der Waals surface area contributed by atoms with Crippen LogP contribution < -0.4 is 10.2 Å². The van der Waals surface area contributed by atoms with Crippen molar-refractivity contribution in [2.45, 2.75) is 270 Å². The van der Waals surface area contributed by atoms with Crippen LogP contribution in [0.3, 0.4) is 0 Å². The van der Waals surface area contributed by atoms with Gasteiger partial charge in [-0.2, -0.15) is 4.98 Å². The first-order chi connectivity index (χ1) is 28.5. The summed E-state index contributed by atoms with van der Waals surface area (Å²) < 4.78 is 25.7. The predicted molar refractivity (Wildman–Crippen MR) is 242 cm³/mol. The fraction of sp³-hybridized carbons (Fsp3) is 0.878. The minimum absolute atomic E-state index is 0. The lowest BCUT2D eigenvalue weighted by Crippen LogP contribution is -2.40. The summed E-state index contributed by atoms with van der Waals surface area (Å²) in [5.41, 5.74) is 0.0911. The zero-order valence-corrected chi connectivity index (χ0v) is 38.7. The maximum atomic E-state index is 13.0. The number of unbranched alkanes of at least 4 members (excludes halogenated alkanes) is 32. The molecule has 0 spiro atoms. The van der Waals surface area contributed by atoms with Gasteiger partial charge in [-0.15, -0.1) is 12.4 Å². The van der Waals surface area contributed by atoms with Crippen LogP contribution in [-0.4, -0.2) is 46.4 Å². The number of nitrogens with one attached hydrogen (secondary N) is 1. The SMILES string of the molecule is CCCCCCCCCCCCCCCCCCCC(=O)OC[C@H]1O[C@@H]2[C@@H](Oc3nc(=N)ccn32)[C@@H]1OC(=O)CCCCCCCCCCCCCCCCCCC.Cl. The molecule has 0 bridgehead atoms. The van der Waals surface area contributed by atoms with Crippen LogP contribution >= 0.6 is 12.4 Å². The van der Waals surface area contributed by atoms with Crippen molar-refractivity contribution in [3.05, 3.63) is 17.8 Å². The largest absolute Gasteiger partial charge is 0.463 e. The summed E-state index contributed by atoms with van der Waals surface area (Å²) in [6, 6.07) is 1.84. The lowest BCUT2D eigenvalue weighted by molar-refractivity contribution is -0.160. The molecule has 0 radical (unpaired) electrons. The van der Waals surface area contributed by atoms with E-state index < -0.39 is 24.5 Å². The minimum Gasteiger partial charge on any atom is -0.463 e. The zero-order chi connectivity index (χ0) is 41.3. The first-order valence-corrected chi connectivity index (χ1v) is 24.8. The van der Waals surface area contributed by atoms with E-state index in [1.54, 1.807) is 16.8 Å². The third-order valence-corrected chi connectivity index (χ3v) is 12.3. The third-order valence-electron chi connectivity index (χ3n) is 12.3. The van der Waals surface area contributed by atoms with E-state index >= 15 is 0 Å². The van der Waals surface area contributed by atoms with Gasteiger partial charge >= 0.3 is 17.9 Å². The van der Waals surface area contributed by atoms with Gasteiger partial charge in [0, 0.05) is 19.0 Å². The Balaban J connectivity index is 0.0000120. The Kier molecular flexibility index (Phi) is 31.9. The standard InChI is InChI=1S/C49H87N3O6.ClH/c1-3-5-7-9-11-13-15-17-19-21-23-25-27-29-31-33-35-37-44(53)55-41-42-46(47-48(56-42)52-40-39-43(50)51-49(52)58-47)57-45(54)38-36-34-32-30-28-26-24-22-20-18-16-14-12-10-8-6-4-2;/h39-40,42,46-48,50H,3-38,41H2,1-2H3;1H/t42-,46-,47+,48-;/m1./s1. The van der Waals surface area contributed by atoms with E-state index in [1.165, 1.54) is 180 Å². The predicted octanol–water partition coefficient (Wildman–Crippen LogP) is 14.0. The van der Waals surface area contributed by atoms with Crippen LogP contribution in [0.2, 0.25) is 0 Å². The van der Waals surface area contributed by atoms with Gasteiger partial charge in [0.25, 0.3) is 0 Å². The molecule has 0 saturated carbocycles.